The maximum atomic E-state index is 13.1. The second-order valence-corrected chi connectivity index (χ2v) is 6.29. The number of hydrogen-bond acceptors (Lipinski definition) is 6. The fourth-order valence-electron chi connectivity index (χ4n) is 3.14. The summed E-state index contributed by atoms with van der Waals surface area (Å²) in [5.74, 6) is 2.37. The van der Waals surface area contributed by atoms with Crippen molar-refractivity contribution in [3.05, 3.63) is 65.9 Å². The lowest BCUT2D eigenvalue weighted by Gasteiger charge is -2.14. The standard InChI is InChI=1S/C21H19FN4O3/c1-27-17-11-14(12-18(28-2)20(17)29-3)16-8-9-23-21-24-19(25-26(16)21)10-13-4-6-15(22)7-5-13/h4-9,11-12H,10H2,1-3H3. The SMILES string of the molecule is COc1cc(-c2ccnc3nc(Cc4ccc(F)cc4)nn23)cc(OC)c1OC. The summed E-state index contributed by atoms with van der Waals surface area (Å²) in [5, 5.41) is 4.60. The van der Waals surface area contributed by atoms with E-state index in [0.29, 0.717) is 35.3 Å². The first-order valence-electron chi connectivity index (χ1n) is 8.88. The molecule has 0 spiro atoms. The van der Waals surface area contributed by atoms with Gasteiger partial charge in [0.1, 0.15) is 5.82 Å². The van der Waals surface area contributed by atoms with Crippen molar-refractivity contribution in [1.82, 2.24) is 19.6 Å². The third-order valence-electron chi connectivity index (χ3n) is 4.52. The van der Waals surface area contributed by atoms with Crippen molar-refractivity contribution in [3.63, 3.8) is 0 Å². The highest BCUT2D eigenvalue weighted by Gasteiger charge is 2.17. The molecule has 0 aliphatic carbocycles. The summed E-state index contributed by atoms with van der Waals surface area (Å²) in [4.78, 5) is 8.80. The summed E-state index contributed by atoms with van der Waals surface area (Å²) in [6.45, 7) is 0. The molecule has 0 fully saturated rings. The second kappa shape index (κ2) is 7.75. The van der Waals surface area contributed by atoms with Crippen LogP contribution in [0.2, 0.25) is 0 Å². The Morgan fingerprint density at radius 3 is 2.24 bits per heavy atom. The number of methoxy groups -OCH3 is 3. The number of halogens is 1. The number of nitrogens with zero attached hydrogens (tertiary/aromatic N) is 4. The monoisotopic (exact) mass is 394 g/mol. The molecule has 0 unspecified atom stereocenters. The van der Waals surface area contributed by atoms with Gasteiger partial charge in [-0.3, -0.25) is 0 Å². The van der Waals surface area contributed by atoms with E-state index in [1.54, 1.807) is 44.2 Å². The first kappa shape index (κ1) is 18.7. The predicted molar refractivity (Wildman–Crippen MR) is 105 cm³/mol. The molecule has 2 aromatic heterocycles. The molecule has 4 aromatic rings. The van der Waals surface area contributed by atoms with Crippen molar-refractivity contribution in [2.45, 2.75) is 6.42 Å². The molecule has 2 aromatic carbocycles. The lowest BCUT2D eigenvalue weighted by atomic mass is 10.1. The zero-order valence-electron chi connectivity index (χ0n) is 16.2. The molecule has 0 saturated heterocycles. The molecule has 148 valence electrons. The van der Waals surface area contributed by atoms with Crippen LogP contribution in [0.25, 0.3) is 17.0 Å². The summed E-state index contributed by atoms with van der Waals surface area (Å²) < 4.78 is 31.1. The van der Waals surface area contributed by atoms with E-state index in [4.69, 9.17) is 14.2 Å². The molecular formula is C21H19FN4O3. The lowest BCUT2D eigenvalue weighted by Crippen LogP contribution is -1.99. The minimum Gasteiger partial charge on any atom is -0.493 e. The van der Waals surface area contributed by atoms with Gasteiger partial charge in [0.2, 0.25) is 5.75 Å². The highest BCUT2D eigenvalue weighted by Crippen LogP contribution is 2.41. The van der Waals surface area contributed by atoms with Crippen molar-refractivity contribution in [1.29, 1.82) is 0 Å². The van der Waals surface area contributed by atoms with Gasteiger partial charge in [0, 0.05) is 18.2 Å². The number of hydrogen-bond donors (Lipinski definition) is 0. The summed E-state index contributed by atoms with van der Waals surface area (Å²) in [5.41, 5.74) is 2.49. The molecule has 0 aliphatic rings. The quantitative estimate of drug-likeness (QED) is 0.498. The van der Waals surface area contributed by atoms with Crippen LogP contribution in [-0.2, 0) is 6.42 Å². The van der Waals surface area contributed by atoms with E-state index in [1.165, 1.54) is 12.1 Å². The molecule has 0 saturated carbocycles. The van der Waals surface area contributed by atoms with Gasteiger partial charge in [0.05, 0.1) is 27.0 Å². The summed E-state index contributed by atoms with van der Waals surface area (Å²) in [7, 11) is 4.70. The lowest BCUT2D eigenvalue weighted by molar-refractivity contribution is 0.324. The topological polar surface area (TPSA) is 70.8 Å². The van der Waals surface area contributed by atoms with Crippen molar-refractivity contribution >= 4 is 5.78 Å². The molecule has 29 heavy (non-hydrogen) atoms. The fourth-order valence-corrected chi connectivity index (χ4v) is 3.14. The maximum Gasteiger partial charge on any atom is 0.252 e. The van der Waals surface area contributed by atoms with Crippen LogP contribution >= 0.6 is 0 Å². The number of benzene rings is 2. The zero-order chi connectivity index (χ0) is 20.4. The number of ether oxygens (including phenoxy) is 3. The van der Waals surface area contributed by atoms with Crippen LogP contribution in [0.15, 0.2) is 48.7 Å². The Morgan fingerprint density at radius 2 is 1.62 bits per heavy atom. The number of fused-ring (bicyclic) bond motifs is 1. The highest BCUT2D eigenvalue weighted by atomic mass is 19.1. The minimum atomic E-state index is -0.275. The molecule has 0 bridgehead atoms. The van der Waals surface area contributed by atoms with Crippen molar-refractivity contribution in [2.75, 3.05) is 21.3 Å². The van der Waals surface area contributed by atoms with Crippen LogP contribution in [-0.4, -0.2) is 40.9 Å². The maximum absolute atomic E-state index is 13.1. The van der Waals surface area contributed by atoms with Crippen molar-refractivity contribution in [3.8, 4) is 28.5 Å². The normalized spacial score (nSPS) is 10.9. The molecule has 0 aliphatic heterocycles. The Labute approximate surface area is 166 Å². The first-order chi connectivity index (χ1) is 14.1. The van der Waals surface area contributed by atoms with Crippen molar-refractivity contribution in [2.24, 2.45) is 0 Å². The molecular weight excluding hydrogens is 375 g/mol. The molecule has 0 radical (unpaired) electrons. The predicted octanol–water partition coefficient (Wildman–Crippen LogP) is 3.55. The van der Waals surface area contributed by atoms with E-state index in [0.717, 1.165) is 16.8 Å². The molecule has 8 heteroatoms. The van der Waals surface area contributed by atoms with Crippen LogP contribution in [0.4, 0.5) is 4.39 Å². The van der Waals surface area contributed by atoms with E-state index in [-0.39, 0.29) is 5.82 Å². The summed E-state index contributed by atoms with van der Waals surface area (Å²) in [6, 6.07) is 11.8. The Hall–Kier alpha value is -3.68. The Balaban J connectivity index is 1.78. The van der Waals surface area contributed by atoms with Gasteiger partial charge in [0.25, 0.3) is 5.78 Å². The minimum absolute atomic E-state index is 0.275. The first-order valence-corrected chi connectivity index (χ1v) is 8.88. The van der Waals surface area contributed by atoms with E-state index < -0.39 is 0 Å². The van der Waals surface area contributed by atoms with Gasteiger partial charge in [-0.05, 0) is 35.9 Å². The molecule has 0 atom stereocenters. The summed E-state index contributed by atoms with van der Waals surface area (Å²) in [6.07, 6.45) is 2.14. The second-order valence-electron chi connectivity index (χ2n) is 6.29. The van der Waals surface area contributed by atoms with E-state index in [2.05, 4.69) is 15.1 Å². The molecule has 7 nitrogen and oxygen atoms in total. The van der Waals surface area contributed by atoms with Crippen LogP contribution in [0.1, 0.15) is 11.4 Å². The average Bonchev–Trinajstić information content (AvgIpc) is 3.16. The Bertz CT molecular complexity index is 1130. The van der Waals surface area contributed by atoms with Gasteiger partial charge in [-0.15, -0.1) is 5.10 Å². The van der Waals surface area contributed by atoms with Crippen molar-refractivity contribution < 1.29 is 18.6 Å². The third kappa shape index (κ3) is 3.56. The highest BCUT2D eigenvalue weighted by molar-refractivity contribution is 5.69. The van der Waals surface area contributed by atoms with Gasteiger partial charge in [-0.25, -0.2) is 9.37 Å². The van der Waals surface area contributed by atoms with Gasteiger partial charge in [-0.1, -0.05) is 12.1 Å². The van der Waals surface area contributed by atoms with Crippen LogP contribution in [0, 0.1) is 5.82 Å². The van der Waals surface area contributed by atoms with Crippen LogP contribution < -0.4 is 14.2 Å². The van der Waals surface area contributed by atoms with Crippen LogP contribution in [0.5, 0.6) is 17.2 Å². The summed E-state index contributed by atoms with van der Waals surface area (Å²) >= 11 is 0. The van der Waals surface area contributed by atoms with E-state index in [1.807, 2.05) is 18.2 Å². The van der Waals surface area contributed by atoms with E-state index >= 15 is 0 Å². The third-order valence-corrected chi connectivity index (χ3v) is 4.52. The van der Waals surface area contributed by atoms with Gasteiger partial charge < -0.3 is 14.2 Å². The largest absolute Gasteiger partial charge is 0.493 e. The molecule has 4 rings (SSSR count). The average molecular weight is 394 g/mol. The van der Waals surface area contributed by atoms with Gasteiger partial charge in [-0.2, -0.15) is 9.50 Å². The zero-order valence-corrected chi connectivity index (χ0v) is 16.2. The van der Waals surface area contributed by atoms with Crippen LogP contribution in [0.3, 0.4) is 0 Å². The fraction of sp³-hybridized carbons (Fsp3) is 0.190. The molecule has 0 amide bonds. The molecule has 2 heterocycles. The number of aromatic nitrogens is 4. The van der Waals surface area contributed by atoms with Gasteiger partial charge >= 0.3 is 0 Å². The van der Waals surface area contributed by atoms with Gasteiger partial charge in [0.15, 0.2) is 17.3 Å². The van der Waals surface area contributed by atoms with E-state index in [9.17, 15) is 4.39 Å². The molecule has 0 N–H and O–H groups in total. The smallest absolute Gasteiger partial charge is 0.252 e. The Kier molecular flexibility index (Phi) is 4.99. The Morgan fingerprint density at radius 1 is 0.931 bits per heavy atom. The number of rotatable bonds is 6.